The fourth-order valence-corrected chi connectivity index (χ4v) is 3.35. The first-order valence-electron chi connectivity index (χ1n) is 7.35. The number of aryl methyl sites for hydroxylation is 2. The average molecular weight is 352 g/mol. The zero-order valence-electron chi connectivity index (χ0n) is 14.2. The van der Waals surface area contributed by atoms with Crippen LogP contribution in [0, 0.1) is 6.92 Å². The lowest BCUT2D eigenvalue weighted by atomic mass is 10.0. The van der Waals surface area contributed by atoms with Gasteiger partial charge in [0.15, 0.2) is 4.90 Å². The third-order valence-corrected chi connectivity index (χ3v) is 4.86. The van der Waals surface area contributed by atoms with Gasteiger partial charge in [-0.2, -0.15) is 8.42 Å². The highest BCUT2D eigenvalue weighted by Gasteiger charge is 2.24. The van der Waals surface area contributed by atoms with E-state index in [1.807, 2.05) is 26.8 Å². The van der Waals surface area contributed by atoms with Crippen LogP contribution in [0.1, 0.15) is 30.9 Å². The maximum Gasteiger partial charge on any atom is 0.346 e. The van der Waals surface area contributed by atoms with E-state index in [0.29, 0.717) is 0 Å². The van der Waals surface area contributed by atoms with Crippen LogP contribution in [-0.2, 0) is 24.2 Å². The minimum atomic E-state index is -4.36. The topological polar surface area (TPSA) is 87.4 Å². The fourth-order valence-electron chi connectivity index (χ4n) is 2.28. The predicted molar refractivity (Wildman–Crippen MR) is 90.0 cm³/mol. The molecule has 1 aromatic heterocycles. The van der Waals surface area contributed by atoms with Gasteiger partial charge in [-0.3, -0.25) is 9.36 Å². The molecule has 0 saturated carbocycles. The molecule has 0 atom stereocenters. The van der Waals surface area contributed by atoms with Gasteiger partial charge in [-0.1, -0.05) is 19.9 Å². The molecule has 2 rings (SSSR count). The van der Waals surface area contributed by atoms with Crippen molar-refractivity contribution < 1.29 is 12.6 Å². The molecule has 0 fully saturated rings. The first-order chi connectivity index (χ1) is 11.0. The van der Waals surface area contributed by atoms with Crippen molar-refractivity contribution in [3.63, 3.8) is 0 Å². The van der Waals surface area contributed by atoms with Crippen molar-refractivity contribution in [2.24, 2.45) is 14.1 Å². The first-order valence-corrected chi connectivity index (χ1v) is 8.76. The number of rotatable bonds is 4. The van der Waals surface area contributed by atoms with Crippen LogP contribution in [0.3, 0.4) is 0 Å². The Kier molecular flexibility index (Phi) is 4.70. The molecule has 8 heteroatoms. The van der Waals surface area contributed by atoms with Gasteiger partial charge in [-0.25, -0.2) is 4.79 Å². The normalized spacial score (nSPS) is 11.8. The molecular formula is C16H20N2O5S. The molecule has 0 aliphatic heterocycles. The first kappa shape index (κ1) is 18.0. The van der Waals surface area contributed by atoms with E-state index in [9.17, 15) is 18.0 Å². The van der Waals surface area contributed by atoms with Gasteiger partial charge < -0.3 is 8.75 Å². The molecule has 0 N–H and O–H groups in total. The quantitative estimate of drug-likeness (QED) is 0.774. The average Bonchev–Trinajstić information content (AvgIpc) is 2.47. The Morgan fingerprint density at radius 2 is 1.71 bits per heavy atom. The zero-order valence-corrected chi connectivity index (χ0v) is 15.0. The Morgan fingerprint density at radius 3 is 2.29 bits per heavy atom. The minimum absolute atomic E-state index is 0.134. The summed E-state index contributed by atoms with van der Waals surface area (Å²) in [6, 6.07) is 5.15. The molecule has 24 heavy (non-hydrogen) atoms. The van der Waals surface area contributed by atoms with E-state index in [1.165, 1.54) is 14.1 Å². The van der Waals surface area contributed by atoms with Crippen LogP contribution >= 0.6 is 0 Å². The van der Waals surface area contributed by atoms with Gasteiger partial charge in [0.25, 0.3) is 5.56 Å². The van der Waals surface area contributed by atoms with Gasteiger partial charge >= 0.3 is 15.8 Å². The SMILES string of the molecule is Cc1cc(OS(=O)(=O)c2cn(C)c(=O)n(C)c2=O)cc(C(C)C)c1. The Morgan fingerprint density at radius 1 is 1.08 bits per heavy atom. The summed E-state index contributed by atoms with van der Waals surface area (Å²) in [5, 5.41) is 0. The number of nitrogens with zero attached hydrogens (tertiary/aromatic N) is 2. The molecule has 0 radical (unpaired) electrons. The van der Waals surface area contributed by atoms with Crippen LogP contribution in [0.25, 0.3) is 0 Å². The molecule has 7 nitrogen and oxygen atoms in total. The predicted octanol–water partition coefficient (Wildman–Crippen LogP) is 1.28. The van der Waals surface area contributed by atoms with Crippen molar-refractivity contribution in [3.8, 4) is 5.75 Å². The van der Waals surface area contributed by atoms with E-state index in [4.69, 9.17) is 4.18 Å². The van der Waals surface area contributed by atoms with E-state index in [2.05, 4.69) is 0 Å². The van der Waals surface area contributed by atoms with Crippen LogP contribution in [0.5, 0.6) is 5.75 Å². The summed E-state index contributed by atoms with van der Waals surface area (Å²) in [4.78, 5) is 23.2. The van der Waals surface area contributed by atoms with Crippen molar-refractivity contribution >= 4 is 10.1 Å². The Labute approximate surface area is 140 Å². The molecule has 2 aromatic rings. The molecule has 0 aliphatic rings. The molecular weight excluding hydrogens is 332 g/mol. The van der Waals surface area contributed by atoms with E-state index >= 15 is 0 Å². The maximum atomic E-state index is 12.5. The number of hydrogen-bond acceptors (Lipinski definition) is 5. The summed E-state index contributed by atoms with van der Waals surface area (Å²) in [6.07, 6.45) is 0.971. The standard InChI is InChI=1S/C16H20N2O5S/c1-10(2)12-6-11(3)7-13(8-12)23-24(21,22)14-9-17(4)16(20)18(5)15(14)19/h6-10H,1-5H3. The van der Waals surface area contributed by atoms with Gasteiger partial charge in [-0.05, 0) is 36.1 Å². The Bertz CT molecular complexity index is 1000. The lowest BCUT2D eigenvalue weighted by molar-refractivity contribution is 0.479. The van der Waals surface area contributed by atoms with Crippen molar-refractivity contribution in [1.29, 1.82) is 0 Å². The van der Waals surface area contributed by atoms with E-state index in [1.54, 1.807) is 12.1 Å². The van der Waals surface area contributed by atoms with E-state index in [0.717, 1.165) is 26.5 Å². The van der Waals surface area contributed by atoms with Crippen LogP contribution in [0.4, 0.5) is 0 Å². The molecule has 1 aromatic carbocycles. The summed E-state index contributed by atoms with van der Waals surface area (Å²) in [6.45, 7) is 5.79. The molecule has 0 amide bonds. The Hall–Kier alpha value is -2.35. The molecule has 0 bridgehead atoms. The highest BCUT2D eigenvalue weighted by molar-refractivity contribution is 7.87. The number of hydrogen-bond donors (Lipinski definition) is 0. The lowest BCUT2D eigenvalue weighted by Gasteiger charge is -2.12. The van der Waals surface area contributed by atoms with Crippen molar-refractivity contribution in [1.82, 2.24) is 9.13 Å². The summed E-state index contributed by atoms with van der Waals surface area (Å²) in [5.41, 5.74) is 0.236. The van der Waals surface area contributed by atoms with Gasteiger partial charge in [-0.15, -0.1) is 0 Å². The van der Waals surface area contributed by atoms with Crippen molar-refractivity contribution in [2.75, 3.05) is 0 Å². The third kappa shape index (κ3) is 3.43. The van der Waals surface area contributed by atoms with Gasteiger partial charge in [0.1, 0.15) is 5.75 Å². The second-order valence-electron chi connectivity index (χ2n) is 6.02. The molecule has 130 valence electrons. The second kappa shape index (κ2) is 6.27. The summed E-state index contributed by atoms with van der Waals surface area (Å²) >= 11 is 0. The van der Waals surface area contributed by atoms with E-state index in [-0.39, 0.29) is 11.7 Å². The Balaban J connectivity index is 2.55. The lowest BCUT2D eigenvalue weighted by Crippen LogP contribution is -2.39. The van der Waals surface area contributed by atoms with Crippen molar-refractivity contribution in [3.05, 3.63) is 56.4 Å². The zero-order chi connectivity index (χ0) is 18.2. The highest BCUT2D eigenvalue weighted by atomic mass is 32.2. The molecule has 0 spiro atoms. The van der Waals surface area contributed by atoms with Crippen molar-refractivity contribution in [2.45, 2.75) is 31.6 Å². The van der Waals surface area contributed by atoms with Crippen LogP contribution in [-0.4, -0.2) is 17.6 Å². The molecule has 0 unspecified atom stereocenters. The molecule has 0 aliphatic carbocycles. The van der Waals surface area contributed by atoms with Crippen LogP contribution in [0.15, 0.2) is 38.9 Å². The fraction of sp³-hybridized carbons (Fsp3) is 0.375. The maximum absolute atomic E-state index is 12.5. The molecule has 1 heterocycles. The largest absolute Gasteiger partial charge is 0.379 e. The van der Waals surface area contributed by atoms with Crippen LogP contribution < -0.4 is 15.4 Å². The smallest absolute Gasteiger partial charge is 0.346 e. The van der Waals surface area contributed by atoms with Crippen LogP contribution in [0.2, 0.25) is 0 Å². The summed E-state index contributed by atoms with van der Waals surface area (Å²) < 4.78 is 31.8. The molecule has 0 saturated heterocycles. The monoisotopic (exact) mass is 352 g/mol. The van der Waals surface area contributed by atoms with E-state index < -0.39 is 26.3 Å². The minimum Gasteiger partial charge on any atom is -0.379 e. The second-order valence-corrected chi connectivity index (χ2v) is 7.54. The van der Waals surface area contributed by atoms with Gasteiger partial charge in [0.05, 0.1) is 0 Å². The number of aromatic nitrogens is 2. The summed E-state index contributed by atoms with van der Waals surface area (Å²) in [5.74, 6) is 0.329. The third-order valence-electron chi connectivity index (χ3n) is 3.63. The number of benzene rings is 1. The highest BCUT2D eigenvalue weighted by Crippen LogP contribution is 2.24. The van der Waals surface area contributed by atoms with Gasteiger partial charge in [0.2, 0.25) is 0 Å². The van der Waals surface area contributed by atoms with Gasteiger partial charge in [0, 0.05) is 20.3 Å². The summed E-state index contributed by atoms with van der Waals surface area (Å²) in [7, 11) is -1.78.